The first-order chi connectivity index (χ1) is 16.3. The van der Waals surface area contributed by atoms with Crippen LogP contribution in [0.2, 0.25) is 0 Å². The van der Waals surface area contributed by atoms with Crippen LogP contribution in [0.3, 0.4) is 0 Å². The van der Waals surface area contributed by atoms with Crippen LogP contribution in [0.1, 0.15) is 23.7 Å². The summed E-state index contributed by atoms with van der Waals surface area (Å²) in [5, 5.41) is 1.30. The SMILES string of the molecule is Cc1cccc(C2CCOP(=O)(c3cnc4c(ccc5c(=O)ccn(CO[P+](=O)O)c54)c3)O2)c1. The molecule has 3 unspecified atom stereocenters. The van der Waals surface area contributed by atoms with Crippen LogP contribution in [-0.2, 0) is 29.4 Å². The summed E-state index contributed by atoms with van der Waals surface area (Å²) >= 11 is 0. The first kappa shape index (κ1) is 23.0. The van der Waals surface area contributed by atoms with Gasteiger partial charge < -0.3 is 9.09 Å². The zero-order chi connectivity index (χ0) is 23.9. The Bertz CT molecular complexity index is 1540. The molecule has 5 rings (SSSR count). The molecular weight excluding hydrogens is 478 g/mol. The number of rotatable bonds is 5. The molecule has 0 radical (unpaired) electrons. The van der Waals surface area contributed by atoms with E-state index in [1.807, 2.05) is 31.2 Å². The molecule has 1 aliphatic rings. The molecule has 0 spiro atoms. The Labute approximate surface area is 195 Å². The Kier molecular flexibility index (Phi) is 6.16. The molecule has 3 atom stereocenters. The molecule has 1 saturated heterocycles. The van der Waals surface area contributed by atoms with Crippen molar-refractivity contribution in [2.45, 2.75) is 26.2 Å². The van der Waals surface area contributed by atoms with Gasteiger partial charge in [0.15, 0.2) is 12.2 Å². The molecule has 3 heterocycles. The first-order valence-corrected chi connectivity index (χ1v) is 13.2. The van der Waals surface area contributed by atoms with E-state index in [4.69, 9.17) is 18.5 Å². The number of benzene rings is 2. The van der Waals surface area contributed by atoms with Crippen molar-refractivity contribution in [3.8, 4) is 0 Å². The van der Waals surface area contributed by atoms with Crippen LogP contribution in [0.5, 0.6) is 0 Å². The second kappa shape index (κ2) is 9.12. The highest BCUT2D eigenvalue weighted by atomic mass is 31.2. The normalized spacial score (nSPS) is 21.1. The lowest BCUT2D eigenvalue weighted by Crippen LogP contribution is -2.20. The van der Waals surface area contributed by atoms with Gasteiger partial charge in [-0.3, -0.25) is 18.9 Å². The highest BCUT2D eigenvalue weighted by Crippen LogP contribution is 2.55. The molecule has 0 amide bonds. The summed E-state index contributed by atoms with van der Waals surface area (Å²) in [5.74, 6) is 0. The quantitative estimate of drug-likeness (QED) is 0.316. The first-order valence-electron chi connectivity index (χ1n) is 10.6. The molecule has 9 nitrogen and oxygen atoms in total. The number of nitrogens with zero attached hydrogens (tertiary/aromatic N) is 2. The summed E-state index contributed by atoms with van der Waals surface area (Å²) in [6.07, 6.45) is 3.12. The van der Waals surface area contributed by atoms with Crippen molar-refractivity contribution in [3.05, 3.63) is 82.3 Å². The van der Waals surface area contributed by atoms with Crippen LogP contribution < -0.4 is 10.7 Å². The molecule has 1 fully saturated rings. The van der Waals surface area contributed by atoms with Gasteiger partial charge in [0.25, 0.3) is 0 Å². The Morgan fingerprint density at radius 1 is 1.26 bits per heavy atom. The summed E-state index contributed by atoms with van der Waals surface area (Å²) < 4.78 is 42.7. The van der Waals surface area contributed by atoms with Crippen molar-refractivity contribution in [3.63, 3.8) is 0 Å². The second-order valence-corrected chi connectivity index (χ2v) is 10.7. The van der Waals surface area contributed by atoms with E-state index in [-0.39, 0.29) is 24.9 Å². The van der Waals surface area contributed by atoms with Crippen molar-refractivity contribution in [2.75, 3.05) is 6.61 Å². The van der Waals surface area contributed by atoms with Crippen LogP contribution >= 0.6 is 15.9 Å². The average molecular weight is 499 g/mol. The van der Waals surface area contributed by atoms with Crippen molar-refractivity contribution >= 4 is 43.0 Å². The molecule has 1 aliphatic heterocycles. The average Bonchev–Trinajstić information content (AvgIpc) is 2.83. The maximum atomic E-state index is 13.7. The smallest absolute Gasteiger partial charge is 0.317 e. The van der Waals surface area contributed by atoms with E-state index < -0.39 is 15.9 Å². The number of hydrogen-bond donors (Lipinski definition) is 1. The molecule has 174 valence electrons. The number of hydrogen-bond acceptors (Lipinski definition) is 7. The van der Waals surface area contributed by atoms with Crippen LogP contribution in [0.25, 0.3) is 21.8 Å². The van der Waals surface area contributed by atoms with E-state index in [1.165, 1.54) is 23.0 Å². The van der Waals surface area contributed by atoms with Gasteiger partial charge in [-0.25, -0.2) is 0 Å². The molecule has 11 heteroatoms. The highest BCUT2D eigenvalue weighted by Gasteiger charge is 2.37. The standard InChI is InChI=1S/C23H20N2O7P2/c1-15-3-2-4-16(11-15)21-8-10-31-34(29,32-21)18-12-17-5-6-19-20(26)7-9-25(14-30-33(27)28)23(19)22(17)24-13-18/h2-7,9,11-13,21H,8,10,14H2,1H3/p+1. The summed E-state index contributed by atoms with van der Waals surface area (Å²) in [5.41, 5.74) is 2.70. The molecule has 2 aromatic heterocycles. The number of aryl methyl sites for hydroxylation is 1. The molecule has 4 aromatic rings. The minimum atomic E-state index is -3.64. The number of pyridine rings is 2. The summed E-state index contributed by atoms with van der Waals surface area (Å²) in [6, 6.07) is 14.2. The monoisotopic (exact) mass is 499 g/mol. The summed E-state index contributed by atoms with van der Waals surface area (Å²) in [4.78, 5) is 25.9. The molecule has 2 aromatic carbocycles. The number of aromatic nitrogens is 2. The van der Waals surface area contributed by atoms with Gasteiger partial charge in [-0.1, -0.05) is 40.4 Å². The van der Waals surface area contributed by atoms with Crippen LogP contribution in [0, 0.1) is 6.92 Å². The lowest BCUT2D eigenvalue weighted by Gasteiger charge is -2.30. The van der Waals surface area contributed by atoms with Crippen molar-refractivity contribution in [1.82, 2.24) is 9.55 Å². The molecule has 0 aliphatic carbocycles. The van der Waals surface area contributed by atoms with Crippen molar-refractivity contribution in [2.24, 2.45) is 0 Å². The van der Waals surface area contributed by atoms with Gasteiger partial charge in [0.05, 0.1) is 29.0 Å². The zero-order valence-electron chi connectivity index (χ0n) is 18.2. The fraction of sp³-hybridized carbons (Fsp3) is 0.217. The maximum absolute atomic E-state index is 13.7. The van der Waals surface area contributed by atoms with E-state index in [0.717, 1.165) is 11.1 Å². The molecular formula is C23H21N2O7P2+. The largest absolute Gasteiger partial charge is 0.696 e. The Balaban J connectivity index is 1.57. The molecule has 0 bridgehead atoms. The van der Waals surface area contributed by atoms with Gasteiger partial charge in [0, 0.05) is 40.2 Å². The van der Waals surface area contributed by atoms with Crippen molar-refractivity contribution < 1.29 is 27.6 Å². The van der Waals surface area contributed by atoms with Gasteiger partial charge >= 0.3 is 15.9 Å². The predicted molar refractivity (Wildman–Crippen MR) is 127 cm³/mol. The Morgan fingerprint density at radius 3 is 2.91 bits per heavy atom. The van der Waals surface area contributed by atoms with E-state index in [9.17, 15) is 13.9 Å². The number of fused-ring (bicyclic) bond motifs is 3. The minimum absolute atomic E-state index is 0.222. The van der Waals surface area contributed by atoms with E-state index in [2.05, 4.69) is 4.98 Å². The Morgan fingerprint density at radius 2 is 2.12 bits per heavy atom. The van der Waals surface area contributed by atoms with E-state index >= 15 is 0 Å². The third kappa shape index (κ3) is 4.34. The van der Waals surface area contributed by atoms with Gasteiger partial charge in [0.1, 0.15) is 0 Å². The second-order valence-electron chi connectivity index (χ2n) is 8.00. The van der Waals surface area contributed by atoms with Crippen LogP contribution in [-0.4, -0.2) is 21.1 Å². The summed E-state index contributed by atoms with van der Waals surface area (Å²) in [6.45, 7) is 2.03. The van der Waals surface area contributed by atoms with Gasteiger partial charge in [-0.05, 0) is 24.6 Å². The molecule has 34 heavy (non-hydrogen) atoms. The highest BCUT2D eigenvalue weighted by molar-refractivity contribution is 7.62. The van der Waals surface area contributed by atoms with Crippen LogP contribution in [0.4, 0.5) is 0 Å². The minimum Gasteiger partial charge on any atom is -0.317 e. The van der Waals surface area contributed by atoms with Gasteiger partial charge in [-0.2, -0.15) is 0 Å². The lowest BCUT2D eigenvalue weighted by atomic mass is 10.0. The Hall–Kier alpha value is -2.77. The third-order valence-corrected chi connectivity index (χ3v) is 7.98. The maximum Gasteiger partial charge on any atom is 0.696 e. The van der Waals surface area contributed by atoms with Gasteiger partial charge in [0.2, 0.25) is 0 Å². The zero-order valence-corrected chi connectivity index (χ0v) is 19.9. The third-order valence-electron chi connectivity index (χ3n) is 5.71. The molecule has 1 N–H and O–H groups in total. The fourth-order valence-corrected chi connectivity index (χ4v) is 6.08. The van der Waals surface area contributed by atoms with E-state index in [1.54, 1.807) is 18.2 Å². The molecule has 0 saturated carbocycles. The van der Waals surface area contributed by atoms with Crippen LogP contribution in [0.15, 0.2) is 65.7 Å². The van der Waals surface area contributed by atoms with E-state index in [0.29, 0.717) is 33.5 Å². The topological polar surface area (TPSA) is 117 Å². The van der Waals surface area contributed by atoms with Gasteiger partial charge in [-0.15, -0.1) is 4.89 Å². The summed E-state index contributed by atoms with van der Waals surface area (Å²) in [7, 11) is -6.46. The van der Waals surface area contributed by atoms with Crippen molar-refractivity contribution in [1.29, 1.82) is 0 Å². The lowest BCUT2D eigenvalue weighted by molar-refractivity contribution is 0.0875. The predicted octanol–water partition coefficient (Wildman–Crippen LogP) is 4.48. The fourth-order valence-electron chi connectivity index (χ4n) is 4.12.